The van der Waals surface area contributed by atoms with Crippen LogP contribution in [0.2, 0.25) is 5.02 Å². The van der Waals surface area contributed by atoms with Gasteiger partial charge in [0.1, 0.15) is 11.5 Å². The van der Waals surface area contributed by atoms with Gasteiger partial charge in [0, 0.05) is 37.0 Å². The molecule has 2 aromatic rings. The summed E-state index contributed by atoms with van der Waals surface area (Å²) in [5.74, 6) is 0.695. The molecule has 0 aliphatic heterocycles. The van der Waals surface area contributed by atoms with Crippen LogP contribution in [0.5, 0.6) is 5.75 Å². The van der Waals surface area contributed by atoms with Gasteiger partial charge in [-0.1, -0.05) is 37.6 Å². The van der Waals surface area contributed by atoms with Crippen LogP contribution in [-0.4, -0.2) is 39.7 Å². The molecular weight excluding hydrogens is 410 g/mol. The van der Waals surface area contributed by atoms with E-state index in [-0.39, 0.29) is 34.4 Å². The maximum absolute atomic E-state index is 13.1. The predicted octanol–water partition coefficient (Wildman–Crippen LogP) is 4.15. The lowest BCUT2D eigenvalue weighted by Crippen LogP contribution is -2.22. The van der Waals surface area contributed by atoms with Gasteiger partial charge in [-0.05, 0) is 47.2 Å². The number of hydrogen-bond donors (Lipinski definition) is 0. The van der Waals surface area contributed by atoms with E-state index in [0.29, 0.717) is 10.8 Å². The van der Waals surface area contributed by atoms with Crippen LogP contribution in [0.25, 0.3) is 0 Å². The second-order valence-corrected chi connectivity index (χ2v) is 10.8. The molecule has 7 heteroatoms. The van der Waals surface area contributed by atoms with Gasteiger partial charge in [-0.25, -0.2) is 12.7 Å². The number of carbonyl (C=O) groups is 1. The zero-order valence-corrected chi connectivity index (χ0v) is 18.8. The molecule has 3 rings (SSSR count). The van der Waals surface area contributed by atoms with Crippen LogP contribution in [0, 0.1) is 11.3 Å². The Kier molecular flexibility index (Phi) is 5.82. The lowest BCUT2D eigenvalue weighted by molar-refractivity contribution is -0.120. The molecule has 29 heavy (non-hydrogen) atoms. The third-order valence-electron chi connectivity index (χ3n) is 5.80. The molecule has 0 N–H and O–H groups in total. The summed E-state index contributed by atoms with van der Waals surface area (Å²) in [6.07, 6.45) is 0.251. The highest BCUT2D eigenvalue weighted by molar-refractivity contribution is 7.89. The summed E-state index contributed by atoms with van der Waals surface area (Å²) >= 11 is 6.09. The summed E-state index contributed by atoms with van der Waals surface area (Å²) in [5.41, 5.74) is 1.56. The van der Waals surface area contributed by atoms with E-state index >= 15 is 0 Å². The summed E-state index contributed by atoms with van der Waals surface area (Å²) in [7, 11) is 1.12. The number of hydrogen-bond acceptors (Lipinski definition) is 4. The van der Waals surface area contributed by atoms with E-state index in [4.69, 9.17) is 16.3 Å². The third kappa shape index (κ3) is 4.06. The topological polar surface area (TPSA) is 63.7 Å². The van der Waals surface area contributed by atoms with E-state index in [2.05, 4.69) is 13.8 Å². The van der Waals surface area contributed by atoms with E-state index in [1.54, 1.807) is 37.4 Å². The lowest BCUT2D eigenvalue weighted by atomic mass is 10.0. The highest BCUT2D eigenvalue weighted by Gasteiger charge is 2.61. The van der Waals surface area contributed by atoms with Crippen molar-refractivity contribution < 1.29 is 17.9 Å². The van der Waals surface area contributed by atoms with Gasteiger partial charge in [-0.15, -0.1) is 0 Å². The van der Waals surface area contributed by atoms with Crippen LogP contribution in [0.15, 0.2) is 47.4 Å². The van der Waals surface area contributed by atoms with Crippen LogP contribution in [-0.2, 0) is 21.2 Å². The first-order valence-corrected chi connectivity index (χ1v) is 11.2. The highest BCUT2D eigenvalue weighted by Crippen LogP contribution is 2.65. The smallest absolute Gasteiger partial charge is 0.242 e. The van der Waals surface area contributed by atoms with Crippen molar-refractivity contribution >= 4 is 27.4 Å². The molecule has 1 saturated carbocycles. The SMILES string of the molecule is COc1ccc(Cl)cc1CC(=O)[C@@H]1[C@@H](c2ccc(S(=O)(=O)N(C)C)cc2)C1(C)C. The zero-order chi connectivity index (χ0) is 21.6. The fourth-order valence-corrected chi connectivity index (χ4v) is 5.20. The average Bonchev–Trinajstić information content (AvgIpc) is 3.24. The van der Waals surface area contributed by atoms with Crippen molar-refractivity contribution in [3.8, 4) is 5.75 Å². The van der Waals surface area contributed by atoms with Crippen molar-refractivity contribution in [3.05, 3.63) is 58.6 Å². The van der Waals surface area contributed by atoms with Gasteiger partial charge in [0.25, 0.3) is 0 Å². The molecule has 2 atom stereocenters. The lowest BCUT2D eigenvalue weighted by Gasteiger charge is -2.12. The Hall–Kier alpha value is -1.89. The Bertz CT molecular complexity index is 1030. The minimum absolute atomic E-state index is 0.0521. The van der Waals surface area contributed by atoms with Gasteiger partial charge < -0.3 is 4.74 Å². The van der Waals surface area contributed by atoms with Gasteiger partial charge in [0.15, 0.2) is 0 Å². The number of carbonyl (C=O) groups excluding carboxylic acids is 1. The van der Waals surface area contributed by atoms with Crippen molar-refractivity contribution in [2.45, 2.75) is 31.1 Å². The minimum Gasteiger partial charge on any atom is -0.496 e. The largest absolute Gasteiger partial charge is 0.496 e. The highest BCUT2D eigenvalue weighted by atomic mass is 35.5. The summed E-state index contributed by atoms with van der Waals surface area (Å²) < 4.78 is 31.1. The van der Waals surface area contributed by atoms with Gasteiger partial charge in [-0.3, -0.25) is 4.79 Å². The number of sulfonamides is 1. The van der Waals surface area contributed by atoms with Gasteiger partial charge in [0.05, 0.1) is 12.0 Å². The van der Waals surface area contributed by atoms with E-state index in [9.17, 15) is 13.2 Å². The molecule has 0 aromatic heterocycles. The Morgan fingerprint density at radius 3 is 2.31 bits per heavy atom. The van der Waals surface area contributed by atoms with Gasteiger partial charge in [-0.2, -0.15) is 0 Å². The second kappa shape index (κ2) is 7.74. The molecule has 0 spiro atoms. The van der Waals surface area contributed by atoms with Crippen LogP contribution >= 0.6 is 11.6 Å². The quantitative estimate of drug-likeness (QED) is 0.655. The van der Waals surface area contributed by atoms with Crippen molar-refractivity contribution in [2.24, 2.45) is 11.3 Å². The maximum Gasteiger partial charge on any atom is 0.242 e. The van der Waals surface area contributed by atoms with Crippen molar-refractivity contribution in [1.82, 2.24) is 4.31 Å². The average molecular weight is 436 g/mol. The Morgan fingerprint density at radius 2 is 1.76 bits per heavy atom. The van der Waals surface area contributed by atoms with Crippen LogP contribution in [0.1, 0.15) is 30.9 Å². The molecule has 156 valence electrons. The number of benzene rings is 2. The third-order valence-corrected chi connectivity index (χ3v) is 7.86. The number of halogens is 1. The molecule has 0 amide bonds. The number of rotatable bonds is 7. The van der Waals surface area contributed by atoms with Gasteiger partial charge in [0.2, 0.25) is 10.0 Å². The predicted molar refractivity (Wildman–Crippen MR) is 114 cm³/mol. The zero-order valence-electron chi connectivity index (χ0n) is 17.3. The monoisotopic (exact) mass is 435 g/mol. The number of ether oxygens (including phenoxy) is 1. The fourth-order valence-electron chi connectivity index (χ4n) is 4.10. The molecule has 1 fully saturated rings. The summed E-state index contributed by atoms with van der Waals surface area (Å²) in [6.45, 7) is 4.14. The number of ketones is 1. The van der Waals surface area contributed by atoms with E-state index in [0.717, 1.165) is 11.1 Å². The van der Waals surface area contributed by atoms with Crippen molar-refractivity contribution in [2.75, 3.05) is 21.2 Å². The molecule has 5 nitrogen and oxygen atoms in total. The van der Waals surface area contributed by atoms with Crippen LogP contribution in [0.3, 0.4) is 0 Å². The van der Waals surface area contributed by atoms with Crippen LogP contribution in [0.4, 0.5) is 0 Å². The van der Waals surface area contributed by atoms with Crippen molar-refractivity contribution in [3.63, 3.8) is 0 Å². The first-order valence-electron chi connectivity index (χ1n) is 9.37. The summed E-state index contributed by atoms with van der Waals surface area (Å²) in [5, 5.41) is 0.567. The van der Waals surface area contributed by atoms with Crippen LogP contribution < -0.4 is 4.74 Å². The molecule has 0 heterocycles. The molecule has 0 unspecified atom stereocenters. The second-order valence-electron chi connectivity index (χ2n) is 8.23. The number of nitrogens with zero attached hydrogens (tertiary/aromatic N) is 1. The first kappa shape index (κ1) is 21.8. The van der Waals surface area contributed by atoms with Crippen molar-refractivity contribution in [1.29, 1.82) is 0 Å². The molecule has 0 bridgehead atoms. The maximum atomic E-state index is 13.1. The number of Topliss-reactive ketones (excluding diaryl/α,β-unsaturated/α-hetero) is 1. The minimum atomic E-state index is -3.47. The van der Waals surface area contributed by atoms with Gasteiger partial charge >= 0.3 is 0 Å². The molecular formula is C22H26ClNO4S. The molecule has 1 aliphatic rings. The van der Waals surface area contributed by atoms with E-state index in [1.807, 2.05) is 12.1 Å². The Balaban J connectivity index is 1.81. The van der Waals surface area contributed by atoms with E-state index in [1.165, 1.54) is 18.4 Å². The standard InChI is InChI=1S/C22H26ClNO4S/c1-22(2)20(14-6-9-17(10-7-14)29(26,27)24(3)4)21(22)18(25)13-15-12-16(23)8-11-19(15)28-5/h6-12,20-21H,13H2,1-5H3/t20-,21-/m1/s1. The molecule has 2 aromatic carbocycles. The first-order chi connectivity index (χ1) is 13.5. The summed E-state index contributed by atoms with van der Waals surface area (Å²) in [4.78, 5) is 13.3. The normalized spacial score (nSPS) is 20.5. The van der Waals surface area contributed by atoms with E-state index < -0.39 is 10.0 Å². The molecule has 0 saturated heterocycles. The Labute approximate surface area is 177 Å². The Morgan fingerprint density at radius 1 is 1.14 bits per heavy atom. The fraction of sp³-hybridized carbons (Fsp3) is 0.409. The molecule has 1 aliphatic carbocycles. The molecule has 0 radical (unpaired) electrons. The number of methoxy groups -OCH3 is 1. The summed E-state index contributed by atoms with van der Waals surface area (Å²) in [6, 6.07) is 12.1.